The van der Waals surface area contributed by atoms with Crippen LogP contribution < -0.4 is 0 Å². The molecule has 0 saturated carbocycles. The first-order chi connectivity index (χ1) is 22.0. The lowest BCUT2D eigenvalue weighted by molar-refractivity contribution is 0.505. The summed E-state index contributed by atoms with van der Waals surface area (Å²) in [5.41, 5.74) is 9.92. The summed E-state index contributed by atoms with van der Waals surface area (Å²) < 4.78 is 4.16. The molecule has 0 bridgehead atoms. The van der Waals surface area contributed by atoms with Crippen molar-refractivity contribution in [3.8, 4) is 17.4 Å². The average Bonchev–Trinajstić information content (AvgIpc) is 3.55. The first-order valence-corrected chi connectivity index (χ1v) is 16.1. The molecule has 0 N–H and O–H groups in total. The van der Waals surface area contributed by atoms with Gasteiger partial charge in [-0.15, -0.1) is 0 Å². The highest BCUT2D eigenvalue weighted by Crippen LogP contribution is 2.38. The van der Waals surface area contributed by atoms with E-state index in [1.54, 1.807) is 0 Å². The number of aromatic nitrogens is 6. The van der Waals surface area contributed by atoms with Crippen molar-refractivity contribution in [1.82, 2.24) is 29.1 Å². The zero-order valence-corrected chi connectivity index (χ0v) is 27.9. The zero-order chi connectivity index (χ0) is 32.5. The van der Waals surface area contributed by atoms with Gasteiger partial charge in [-0.05, 0) is 102 Å². The fourth-order valence-electron chi connectivity index (χ4n) is 6.30. The van der Waals surface area contributed by atoms with E-state index in [2.05, 4.69) is 101 Å². The van der Waals surface area contributed by atoms with E-state index in [9.17, 15) is 5.26 Å². The number of fused-ring (bicyclic) bond motifs is 6. The van der Waals surface area contributed by atoms with Gasteiger partial charge in [0.1, 0.15) is 22.6 Å². The third-order valence-electron chi connectivity index (χ3n) is 10.0. The van der Waals surface area contributed by atoms with E-state index in [0.717, 1.165) is 79.5 Å². The second kappa shape index (κ2) is 10.5. The Hall–Kier alpha value is -5.09. The van der Waals surface area contributed by atoms with Crippen LogP contribution in [0.4, 0.5) is 0 Å². The van der Waals surface area contributed by atoms with Gasteiger partial charge < -0.3 is 0 Å². The zero-order valence-electron chi connectivity index (χ0n) is 27.9. The molecular weight excluding hydrogens is 566 g/mol. The molecule has 0 aliphatic heterocycles. The molecule has 0 atom stereocenters. The molecule has 230 valence electrons. The molecule has 6 heterocycles. The second-order valence-corrected chi connectivity index (χ2v) is 14.0. The molecule has 46 heavy (non-hydrogen) atoms. The maximum atomic E-state index is 10.3. The maximum Gasteiger partial charge on any atom is 0.146 e. The fourth-order valence-corrected chi connectivity index (χ4v) is 6.30. The lowest BCUT2D eigenvalue weighted by atomic mass is 9.83. The molecule has 0 spiro atoms. The molecule has 0 fully saturated rings. The van der Waals surface area contributed by atoms with E-state index in [1.165, 1.54) is 11.1 Å². The molecule has 7 aromatic rings. The number of hydrogen-bond donors (Lipinski definition) is 0. The number of nitrogens with zero attached hydrogens (tertiary/aromatic N) is 7. The van der Waals surface area contributed by atoms with Crippen LogP contribution in [0.5, 0.6) is 0 Å². The Morgan fingerprint density at radius 1 is 0.565 bits per heavy atom. The number of benzene rings is 1. The van der Waals surface area contributed by atoms with Crippen LogP contribution in [0.1, 0.15) is 82.2 Å². The van der Waals surface area contributed by atoms with Gasteiger partial charge in [0.25, 0.3) is 0 Å². The van der Waals surface area contributed by atoms with E-state index in [1.807, 2.05) is 36.9 Å². The Kier molecular flexibility index (Phi) is 6.75. The van der Waals surface area contributed by atoms with Gasteiger partial charge in [-0.2, -0.15) is 5.26 Å². The summed E-state index contributed by atoms with van der Waals surface area (Å²) >= 11 is 0. The van der Waals surface area contributed by atoms with E-state index < -0.39 is 0 Å². The van der Waals surface area contributed by atoms with Gasteiger partial charge in [0.05, 0.1) is 23.0 Å². The van der Waals surface area contributed by atoms with Crippen molar-refractivity contribution in [1.29, 1.82) is 5.26 Å². The topological polar surface area (TPSA) is 85.2 Å². The minimum absolute atomic E-state index is 0.0120. The van der Waals surface area contributed by atoms with Crippen LogP contribution in [-0.4, -0.2) is 29.1 Å². The molecule has 6 aromatic heterocycles. The summed E-state index contributed by atoms with van der Waals surface area (Å²) in [5.74, 6) is 0. The van der Waals surface area contributed by atoms with Gasteiger partial charge in [0.15, 0.2) is 0 Å². The molecular formula is C39H39N7. The van der Waals surface area contributed by atoms with Crippen LogP contribution in [0, 0.1) is 25.2 Å². The molecule has 0 unspecified atom stereocenters. The lowest BCUT2D eigenvalue weighted by Gasteiger charge is -2.23. The van der Waals surface area contributed by atoms with Crippen molar-refractivity contribution in [3.63, 3.8) is 0 Å². The van der Waals surface area contributed by atoms with E-state index in [-0.39, 0.29) is 10.8 Å². The van der Waals surface area contributed by atoms with Gasteiger partial charge in [0.2, 0.25) is 0 Å². The molecule has 1 aromatic carbocycles. The lowest BCUT2D eigenvalue weighted by Crippen LogP contribution is -2.15. The summed E-state index contributed by atoms with van der Waals surface area (Å²) in [6.07, 6.45) is 9.76. The van der Waals surface area contributed by atoms with Crippen molar-refractivity contribution in [2.75, 3.05) is 0 Å². The third kappa shape index (κ3) is 4.55. The van der Waals surface area contributed by atoms with Gasteiger partial charge in [0, 0.05) is 46.3 Å². The van der Waals surface area contributed by atoms with Crippen molar-refractivity contribution in [3.05, 3.63) is 95.1 Å². The largest absolute Gasteiger partial charge is 0.278 e. The minimum Gasteiger partial charge on any atom is -0.278 e. The summed E-state index contributed by atoms with van der Waals surface area (Å²) in [4.78, 5) is 19.9. The SMILES string of the molecule is CCC(C)(C)c1cnc2c(c1)c1cc(C)cnc1n2-c1cc(C#N)cc(-n2c3ncc(C)cc3c3cc(C(C)(C)CC)cnc32)c1. The molecule has 7 nitrogen and oxygen atoms in total. The number of pyridine rings is 4. The van der Waals surface area contributed by atoms with E-state index >= 15 is 0 Å². The number of rotatable bonds is 6. The second-order valence-electron chi connectivity index (χ2n) is 14.0. The fraction of sp³-hybridized carbons (Fsp3) is 0.308. The first-order valence-electron chi connectivity index (χ1n) is 16.1. The summed E-state index contributed by atoms with van der Waals surface area (Å²) in [5, 5.41) is 14.5. The average molecular weight is 606 g/mol. The van der Waals surface area contributed by atoms with Gasteiger partial charge in [-0.1, -0.05) is 41.5 Å². The van der Waals surface area contributed by atoms with Crippen LogP contribution in [0.3, 0.4) is 0 Å². The van der Waals surface area contributed by atoms with Crippen molar-refractivity contribution in [2.24, 2.45) is 0 Å². The third-order valence-corrected chi connectivity index (χ3v) is 10.0. The molecule has 7 rings (SSSR count). The van der Waals surface area contributed by atoms with E-state index in [4.69, 9.17) is 19.9 Å². The Morgan fingerprint density at radius 2 is 0.935 bits per heavy atom. The van der Waals surface area contributed by atoms with E-state index in [0.29, 0.717) is 5.56 Å². The standard InChI is InChI=1S/C39H39N7/c1-9-38(5,6)26-15-32-30-11-23(3)19-41-34(30)45(36(32)43-21-26)28-13-25(18-40)14-29(17-28)46-35-31(12-24(4)20-42-35)33-16-27(22-44-37(33)46)39(7,8)10-2/h11-17,19-22H,9-10H2,1-8H3. The van der Waals surface area contributed by atoms with Crippen molar-refractivity contribution < 1.29 is 0 Å². The molecule has 0 aliphatic carbocycles. The summed E-state index contributed by atoms with van der Waals surface area (Å²) in [6.45, 7) is 17.6. The number of hydrogen-bond acceptors (Lipinski definition) is 5. The summed E-state index contributed by atoms with van der Waals surface area (Å²) in [6, 6.07) is 17.2. The normalized spacial score (nSPS) is 12.5. The van der Waals surface area contributed by atoms with Crippen LogP contribution in [0.2, 0.25) is 0 Å². The molecule has 7 heteroatoms. The highest BCUT2D eigenvalue weighted by Gasteiger charge is 2.25. The van der Waals surface area contributed by atoms with Crippen LogP contribution in [0.25, 0.3) is 55.5 Å². The minimum atomic E-state index is -0.0120. The predicted octanol–water partition coefficient (Wildman–Crippen LogP) is 9.32. The molecule has 0 saturated heterocycles. The summed E-state index contributed by atoms with van der Waals surface area (Å²) in [7, 11) is 0. The van der Waals surface area contributed by atoms with Gasteiger partial charge in [-0.25, -0.2) is 19.9 Å². The number of aryl methyl sites for hydroxylation is 2. The highest BCUT2D eigenvalue weighted by molar-refractivity contribution is 6.08. The maximum absolute atomic E-state index is 10.3. The Bertz CT molecular complexity index is 2220. The van der Waals surface area contributed by atoms with Crippen LogP contribution >= 0.6 is 0 Å². The number of nitriles is 1. The Balaban J connectivity index is 1.54. The van der Waals surface area contributed by atoms with Crippen molar-refractivity contribution >= 4 is 44.1 Å². The highest BCUT2D eigenvalue weighted by atomic mass is 15.1. The van der Waals surface area contributed by atoms with Crippen molar-refractivity contribution in [2.45, 2.75) is 79.1 Å². The smallest absolute Gasteiger partial charge is 0.146 e. The monoisotopic (exact) mass is 605 g/mol. The van der Waals surface area contributed by atoms with Gasteiger partial charge >= 0.3 is 0 Å². The quantitative estimate of drug-likeness (QED) is 0.189. The predicted molar refractivity (Wildman–Crippen MR) is 187 cm³/mol. The van der Waals surface area contributed by atoms with Crippen LogP contribution in [-0.2, 0) is 10.8 Å². The Morgan fingerprint density at radius 3 is 1.30 bits per heavy atom. The van der Waals surface area contributed by atoms with Crippen LogP contribution in [0.15, 0.2) is 67.3 Å². The molecule has 0 radical (unpaired) electrons. The Labute approximate surface area is 269 Å². The molecule has 0 amide bonds. The van der Waals surface area contributed by atoms with Gasteiger partial charge in [-0.3, -0.25) is 9.13 Å². The first kappa shape index (κ1) is 29.6. The molecule has 0 aliphatic rings.